The third-order valence-corrected chi connectivity index (χ3v) is 6.40. The summed E-state index contributed by atoms with van der Waals surface area (Å²) in [5.41, 5.74) is 10.0. The number of hydrogen-bond acceptors (Lipinski definition) is 7. The molecule has 2 heterocycles. The fourth-order valence-electron chi connectivity index (χ4n) is 3.68. The number of hydrogen-bond donors (Lipinski definition) is 2. The van der Waals surface area contributed by atoms with Crippen LogP contribution in [-0.2, 0) is 13.0 Å². The molecule has 0 radical (unpaired) electrons. The van der Waals surface area contributed by atoms with Crippen molar-refractivity contribution in [2.75, 3.05) is 50.5 Å². The highest BCUT2D eigenvalue weighted by atomic mass is 79.9. The number of hydrazine groups is 1. The van der Waals surface area contributed by atoms with Crippen molar-refractivity contribution in [1.29, 1.82) is 0 Å². The van der Waals surface area contributed by atoms with Gasteiger partial charge in [0.15, 0.2) is 0 Å². The Balaban J connectivity index is 1.84. The maximum atomic E-state index is 6.38. The second kappa shape index (κ2) is 10.6. The van der Waals surface area contributed by atoms with E-state index in [0.29, 0.717) is 34.3 Å². The lowest BCUT2D eigenvalue weighted by molar-refractivity contribution is 0.147. The predicted octanol–water partition coefficient (Wildman–Crippen LogP) is 3.86. The monoisotopic (exact) mass is 490 g/mol. The maximum absolute atomic E-state index is 6.38. The van der Waals surface area contributed by atoms with Gasteiger partial charge < -0.3 is 20.4 Å². The SMILES string of the molecule is CCc1cnc(Oc2ccc(N(N)CC(C)C)c(N)c2Br)c(CN2CCN(C)CC2)c1. The normalized spacial score (nSPS) is 15.5. The van der Waals surface area contributed by atoms with Gasteiger partial charge in [0.1, 0.15) is 5.75 Å². The third-order valence-electron chi connectivity index (χ3n) is 5.58. The number of pyridine rings is 1. The maximum Gasteiger partial charge on any atom is 0.223 e. The Labute approximate surface area is 194 Å². The summed E-state index contributed by atoms with van der Waals surface area (Å²) < 4.78 is 6.96. The molecule has 7 nitrogen and oxygen atoms in total. The molecule has 8 heteroatoms. The van der Waals surface area contributed by atoms with Crippen LogP contribution in [-0.4, -0.2) is 54.6 Å². The number of piperazine rings is 1. The van der Waals surface area contributed by atoms with Crippen molar-refractivity contribution < 1.29 is 4.74 Å². The van der Waals surface area contributed by atoms with Crippen molar-refractivity contribution in [3.63, 3.8) is 0 Å². The standard InChI is InChI=1S/C23H35BrN6O/c1-5-17-12-18(15-29-10-8-28(4)9-11-29)23(27-13-17)31-20-7-6-19(22(25)21(20)24)30(26)14-16(2)3/h6-7,12-13,16H,5,8-11,14-15,25-26H2,1-4H3. The number of rotatable bonds is 8. The molecule has 1 fully saturated rings. The van der Waals surface area contributed by atoms with E-state index < -0.39 is 0 Å². The van der Waals surface area contributed by atoms with Crippen molar-refractivity contribution in [3.8, 4) is 11.6 Å². The number of benzene rings is 1. The number of likely N-dealkylation sites (N-methyl/N-ethyl adjacent to an activating group) is 1. The number of halogens is 1. The molecule has 3 rings (SSSR count). The van der Waals surface area contributed by atoms with Gasteiger partial charge >= 0.3 is 0 Å². The highest BCUT2D eigenvalue weighted by Gasteiger charge is 2.19. The molecule has 0 bridgehead atoms. The molecule has 0 saturated carbocycles. The van der Waals surface area contributed by atoms with Crippen molar-refractivity contribution >= 4 is 27.3 Å². The van der Waals surface area contributed by atoms with Crippen LogP contribution in [0, 0.1) is 5.92 Å². The van der Waals surface area contributed by atoms with Crippen LogP contribution in [0.15, 0.2) is 28.9 Å². The minimum Gasteiger partial charge on any atom is -0.437 e. The number of anilines is 2. The quantitative estimate of drug-likeness (QED) is 0.330. The van der Waals surface area contributed by atoms with E-state index in [2.05, 4.69) is 64.6 Å². The van der Waals surface area contributed by atoms with Gasteiger partial charge in [-0.15, -0.1) is 0 Å². The van der Waals surface area contributed by atoms with Crippen LogP contribution in [0.3, 0.4) is 0 Å². The molecule has 1 aromatic heterocycles. The fraction of sp³-hybridized carbons (Fsp3) is 0.522. The van der Waals surface area contributed by atoms with Crippen LogP contribution in [0.2, 0.25) is 0 Å². The zero-order valence-electron chi connectivity index (χ0n) is 19.1. The average Bonchev–Trinajstić information content (AvgIpc) is 2.73. The first-order valence-electron chi connectivity index (χ1n) is 10.9. The van der Waals surface area contributed by atoms with Crippen molar-refractivity contribution in [1.82, 2.24) is 14.8 Å². The van der Waals surface area contributed by atoms with Gasteiger partial charge in [-0.2, -0.15) is 0 Å². The Bertz CT molecular complexity index is 883. The van der Waals surface area contributed by atoms with Crippen molar-refractivity contribution in [2.24, 2.45) is 11.8 Å². The van der Waals surface area contributed by atoms with Gasteiger partial charge in [-0.1, -0.05) is 20.8 Å². The number of aromatic nitrogens is 1. The van der Waals surface area contributed by atoms with Crippen LogP contribution < -0.4 is 21.3 Å². The zero-order valence-corrected chi connectivity index (χ0v) is 20.7. The largest absolute Gasteiger partial charge is 0.437 e. The lowest BCUT2D eigenvalue weighted by Crippen LogP contribution is -2.43. The first-order chi connectivity index (χ1) is 14.8. The molecule has 31 heavy (non-hydrogen) atoms. The number of ether oxygens (including phenoxy) is 1. The van der Waals surface area contributed by atoms with Crippen LogP contribution in [0.1, 0.15) is 31.9 Å². The minimum absolute atomic E-state index is 0.428. The van der Waals surface area contributed by atoms with E-state index in [-0.39, 0.29) is 0 Å². The molecule has 2 aromatic rings. The summed E-state index contributed by atoms with van der Waals surface area (Å²) in [6, 6.07) is 6.00. The summed E-state index contributed by atoms with van der Waals surface area (Å²) in [5, 5.41) is 1.68. The van der Waals surface area contributed by atoms with Crippen LogP contribution in [0.4, 0.5) is 11.4 Å². The second-order valence-corrected chi connectivity index (χ2v) is 9.49. The number of aryl methyl sites for hydroxylation is 1. The van der Waals surface area contributed by atoms with Gasteiger partial charge in [0.25, 0.3) is 0 Å². The number of nitrogens with zero attached hydrogens (tertiary/aromatic N) is 4. The summed E-state index contributed by atoms with van der Waals surface area (Å²) >= 11 is 3.60. The van der Waals surface area contributed by atoms with Gasteiger partial charge in [-0.3, -0.25) is 4.90 Å². The zero-order chi connectivity index (χ0) is 22.5. The molecule has 1 aromatic carbocycles. The van der Waals surface area contributed by atoms with E-state index >= 15 is 0 Å². The third kappa shape index (κ3) is 6.10. The Morgan fingerprint density at radius 3 is 2.58 bits per heavy atom. The summed E-state index contributed by atoms with van der Waals surface area (Å²) in [6.07, 6.45) is 2.83. The van der Waals surface area contributed by atoms with E-state index in [1.807, 2.05) is 18.3 Å². The van der Waals surface area contributed by atoms with Crippen LogP contribution in [0.25, 0.3) is 0 Å². The van der Waals surface area contributed by atoms with E-state index in [0.717, 1.165) is 50.4 Å². The number of nitrogen functional groups attached to an aromatic ring is 1. The first kappa shape index (κ1) is 23.8. The Morgan fingerprint density at radius 1 is 1.23 bits per heavy atom. The molecule has 1 saturated heterocycles. The fourth-order valence-corrected chi connectivity index (χ4v) is 4.10. The lowest BCUT2D eigenvalue weighted by atomic mass is 10.1. The molecule has 0 unspecified atom stereocenters. The molecule has 1 aliphatic rings. The summed E-state index contributed by atoms with van der Waals surface area (Å²) in [6.45, 7) is 12.2. The van der Waals surface area contributed by atoms with E-state index in [4.69, 9.17) is 16.3 Å². The number of nitrogens with two attached hydrogens (primary N) is 2. The van der Waals surface area contributed by atoms with E-state index in [9.17, 15) is 0 Å². The first-order valence-corrected chi connectivity index (χ1v) is 11.7. The van der Waals surface area contributed by atoms with Gasteiger partial charge in [-0.05, 0) is 59.1 Å². The topological polar surface area (TPSA) is 83.9 Å². The Hall–Kier alpha value is -1.87. The highest BCUT2D eigenvalue weighted by molar-refractivity contribution is 9.10. The van der Waals surface area contributed by atoms with E-state index in [1.54, 1.807) is 5.01 Å². The lowest BCUT2D eigenvalue weighted by Gasteiger charge is -2.32. The van der Waals surface area contributed by atoms with Crippen LogP contribution >= 0.6 is 15.9 Å². The summed E-state index contributed by atoms with van der Waals surface area (Å²) in [5.74, 6) is 7.89. The molecule has 0 atom stereocenters. The molecule has 4 N–H and O–H groups in total. The Kier molecular flexibility index (Phi) is 8.16. The van der Waals surface area contributed by atoms with Crippen molar-refractivity contribution in [3.05, 3.63) is 40.0 Å². The van der Waals surface area contributed by atoms with E-state index in [1.165, 1.54) is 5.56 Å². The van der Waals surface area contributed by atoms with Gasteiger partial charge in [0.05, 0.1) is 15.8 Å². The average molecular weight is 491 g/mol. The molecule has 0 aliphatic carbocycles. The highest BCUT2D eigenvalue weighted by Crippen LogP contribution is 2.40. The summed E-state index contributed by atoms with van der Waals surface area (Å²) in [4.78, 5) is 9.45. The predicted molar refractivity (Wildman–Crippen MR) is 131 cm³/mol. The Morgan fingerprint density at radius 2 is 1.94 bits per heavy atom. The van der Waals surface area contributed by atoms with Crippen molar-refractivity contribution in [2.45, 2.75) is 33.7 Å². The molecular formula is C23H35BrN6O. The van der Waals surface area contributed by atoms with Gasteiger partial charge in [0.2, 0.25) is 5.88 Å². The second-order valence-electron chi connectivity index (χ2n) is 8.70. The minimum atomic E-state index is 0.428. The molecular weight excluding hydrogens is 456 g/mol. The summed E-state index contributed by atoms with van der Waals surface area (Å²) in [7, 11) is 2.17. The van der Waals surface area contributed by atoms with Gasteiger partial charge in [-0.25, -0.2) is 10.8 Å². The van der Waals surface area contributed by atoms with Gasteiger partial charge in [0, 0.05) is 51.0 Å². The molecule has 1 aliphatic heterocycles. The molecule has 0 spiro atoms. The molecule has 170 valence electrons. The van der Waals surface area contributed by atoms with Crippen LogP contribution in [0.5, 0.6) is 11.6 Å². The smallest absolute Gasteiger partial charge is 0.223 e. The molecule has 0 amide bonds.